The van der Waals surface area contributed by atoms with E-state index in [4.69, 9.17) is 10.5 Å². The molecule has 2 aliphatic heterocycles. The van der Waals surface area contributed by atoms with Crippen molar-refractivity contribution in [1.29, 1.82) is 0 Å². The number of anilines is 1. The summed E-state index contributed by atoms with van der Waals surface area (Å²) in [6.07, 6.45) is -12.3. The van der Waals surface area contributed by atoms with Gasteiger partial charge >= 0.3 is 24.5 Å². The lowest BCUT2D eigenvalue weighted by Crippen LogP contribution is -2.35. The SMILES string of the molecule is NC(=O)Oc1c(N2CCN(C[C@H]3CO3)C2=O)cc(C(F)(F)F)cc1C(F)(F)F. The number of amides is 3. The van der Waals surface area contributed by atoms with Crippen LogP contribution in [-0.4, -0.2) is 49.4 Å². The van der Waals surface area contributed by atoms with Crippen molar-refractivity contribution < 1.29 is 45.4 Å². The molecular formula is C15H13F6N3O4. The normalized spacial score (nSPS) is 19.9. The molecule has 7 nitrogen and oxygen atoms in total. The smallest absolute Gasteiger partial charge is 0.408 e. The Balaban J connectivity index is 2.11. The van der Waals surface area contributed by atoms with Crippen LogP contribution in [0.15, 0.2) is 12.1 Å². The number of primary amides is 1. The van der Waals surface area contributed by atoms with Gasteiger partial charge in [0.25, 0.3) is 0 Å². The van der Waals surface area contributed by atoms with Gasteiger partial charge in [0.1, 0.15) is 5.56 Å². The number of nitrogens with two attached hydrogens (primary N) is 1. The zero-order valence-corrected chi connectivity index (χ0v) is 13.9. The van der Waals surface area contributed by atoms with Gasteiger partial charge in [-0.3, -0.25) is 4.90 Å². The maximum absolute atomic E-state index is 13.4. The van der Waals surface area contributed by atoms with Gasteiger partial charge in [-0.05, 0) is 12.1 Å². The molecule has 0 radical (unpaired) electrons. The van der Waals surface area contributed by atoms with Crippen molar-refractivity contribution in [2.24, 2.45) is 5.73 Å². The highest BCUT2D eigenvalue weighted by Crippen LogP contribution is 2.46. The first-order valence-electron chi connectivity index (χ1n) is 7.85. The van der Waals surface area contributed by atoms with E-state index >= 15 is 0 Å². The van der Waals surface area contributed by atoms with Crippen molar-refractivity contribution in [2.45, 2.75) is 18.5 Å². The predicted molar refractivity (Wildman–Crippen MR) is 80.7 cm³/mol. The van der Waals surface area contributed by atoms with Crippen molar-refractivity contribution >= 4 is 17.8 Å². The predicted octanol–water partition coefficient (Wildman–Crippen LogP) is 2.82. The largest absolute Gasteiger partial charge is 0.420 e. The standard InChI is InChI=1S/C15H13F6N3O4/c16-14(17,18)7-3-9(15(19,20)21)11(28-12(22)25)10(4-7)24-2-1-23(13(24)26)5-8-6-27-8/h3-4,8H,1-2,5-6H2,(H2,22,25)/t8-/m0/s1. The van der Waals surface area contributed by atoms with Crippen LogP contribution < -0.4 is 15.4 Å². The molecule has 2 saturated heterocycles. The highest BCUT2D eigenvalue weighted by molar-refractivity contribution is 5.96. The lowest BCUT2D eigenvalue weighted by atomic mass is 10.1. The van der Waals surface area contributed by atoms with Gasteiger partial charge in [-0.25, -0.2) is 9.59 Å². The van der Waals surface area contributed by atoms with Gasteiger partial charge in [0, 0.05) is 13.1 Å². The Hall–Kier alpha value is -2.70. The average molecular weight is 413 g/mol. The second kappa shape index (κ2) is 6.72. The van der Waals surface area contributed by atoms with Gasteiger partial charge in [-0.2, -0.15) is 26.3 Å². The van der Waals surface area contributed by atoms with E-state index in [2.05, 4.69) is 4.74 Å². The number of benzene rings is 1. The Morgan fingerprint density at radius 2 is 1.82 bits per heavy atom. The van der Waals surface area contributed by atoms with E-state index in [0.29, 0.717) is 17.6 Å². The summed E-state index contributed by atoms with van der Waals surface area (Å²) in [5.41, 5.74) is 0.423. The third-order valence-corrected chi connectivity index (χ3v) is 4.12. The molecule has 0 aromatic heterocycles. The molecule has 3 rings (SSSR count). The number of alkyl halides is 6. The van der Waals surface area contributed by atoms with Crippen molar-refractivity contribution in [3.63, 3.8) is 0 Å². The minimum Gasteiger partial charge on any atom is -0.408 e. The van der Waals surface area contributed by atoms with Crippen LogP contribution in [0.4, 0.5) is 41.6 Å². The number of hydrogen-bond donors (Lipinski definition) is 1. The molecule has 0 spiro atoms. The Bertz CT molecular complexity index is 806. The summed E-state index contributed by atoms with van der Waals surface area (Å²) >= 11 is 0. The molecule has 0 aliphatic carbocycles. The van der Waals surface area contributed by atoms with Crippen molar-refractivity contribution in [3.05, 3.63) is 23.3 Å². The minimum absolute atomic E-state index is 0.0479. The summed E-state index contributed by atoms with van der Waals surface area (Å²) in [6.45, 7) is 0.389. The Kier molecular flexibility index (Phi) is 4.81. The van der Waals surface area contributed by atoms with Crippen LogP contribution >= 0.6 is 0 Å². The molecule has 154 valence electrons. The van der Waals surface area contributed by atoms with Gasteiger partial charge in [0.05, 0.1) is 30.5 Å². The molecule has 1 aromatic carbocycles. The average Bonchev–Trinajstić information content (AvgIpc) is 3.29. The number of carbonyl (C=O) groups excluding carboxylic acids is 2. The fourth-order valence-electron chi connectivity index (χ4n) is 2.79. The first-order valence-corrected chi connectivity index (χ1v) is 7.85. The second-order valence-electron chi connectivity index (χ2n) is 6.12. The molecule has 2 N–H and O–H groups in total. The van der Waals surface area contributed by atoms with Crippen molar-refractivity contribution in [2.75, 3.05) is 31.1 Å². The Labute approximate surface area is 153 Å². The summed E-state index contributed by atoms with van der Waals surface area (Å²) in [5.74, 6) is -1.26. The lowest BCUT2D eigenvalue weighted by molar-refractivity contribution is -0.143. The lowest BCUT2D eigenvalue weighted by Gasteiger charge is -2.24. The topological polar surface area (TPSA) is 88.4 Å². The number of rotatable bonds is 4. The van der Waals surface area contributed by atoms with Crippen LogP contribution in [0.2, 0.25) is 0 Å². The third-order valence-electron chi connectivity index (χ3n) is 4.12. The Morgan fingerprint density at radius 3 is 2.32 bits per heavy atom. The fourth-order valence-corrected chi connectivity index (χ4v) is 2.79. The molecule has 1 aromatic rings. The monoisotopic (exact) mass is 413 g/mol. The number of epoxide rings is 1. The van der Waals surface area contributed by atoms with Gasteiger partial charge in [0.15, 0.2) is 5.75 Å². The summed E-state index contributed by atoms with van der Waals surface area (Å²) in [4.78, 5) is 25.5. The van der Waals surface area contributed by atoms with Crippen LogP contribution in [0.1, 0.15) is 11.1 Å². The minimum atomic E-state index is -5.30. The van der Waals surface area contributed by atoms with E-state index in [1.54, 1.807) is 0 Å². The summed E-state index contributed by atoms with van der Waals surface area (Å²) < 4.78 is 88.8. The summed E-state index contributed by atoms with van der Waals surface area (Å²) in [7, 11) is 0. The van der Waals surface area contributed by atoms with Gasteiger partial charge < -0.3 is 20.1 Å². The maximum Gasteiger partial charge on any atom is 0.420 e. The molecule has 0 bridgehead atoms. The number of halogens is 6. The number of ether oxygens (including phenoxy) is 2. The van der Waals surface area contributed by atoms with Gasteiger partial charge in [-0.1, -0.05) is 0 Å². The molecule has 0 saturated carbocycles. The Morgan fingerprint density at radius 1 is 1.18 bits per heavy atom. The van der Waals surface area contributed by atoms with Crippen LogP contribution in [0, 0.1) is 0 Å². The highest BCUT2D eigenvalue weighted by Gasteiger charge is 2.44. The molecule has 13 heteroatoms. The van der Waals surface area contributed by atoms with E-state index in [9.17, 15) is 35.9 Å². The number of urea groups is 1. The molecule has 2 heterocycles. The van der Waals surface area contributed by atoms with Crippen LogP contribution in [0.5, 0.6) is 5.75 Å². The maximum atomic E-state index is 13.4. The van der Waals surface area contributed by atoms with Crippen LogP contribution in [0.3, 0.4) is 0 Å². The molecule has 0 unspecified atom stereocenters. The molecule has 2 fully saturated rings. The molecule has 1 atom stereocenters. The first-order chi connectivity index (χ1) is 12.9. The van der Waals surface area contributed by atoms with E-state index < -0.39 is 47.0 Å². The van der Waals surface area contributed by atoms with Crippen molar-refractivity contribution in [3.8, 4) is 5.75 Å². The highest BCUT2D eigenvalue weighted by atomic mass is 19.4. The summed E-state index contributed by atoms with van der Waals surface area (Å²) in [5, 5.41) is 0. The van der Waals surface area contributed by atoms with E-state index in [-0.39, 0.29) is 31.8 Å². The quantitative estimate of drug-likeness (QED) is 0.608. The van der Waals surface area contributed by atoms with Crippen LogP contribution in [-0.2, 0) is 17.1 Å². The van der Waals surface area contributed by atoms with E-state index in [1.807, 2.05) is 0 Å². The molecular weight excluding hydrogens is 400 g/mol. The van der Waals surface area contributed by atoms with Gasteiger partial charge in [0.2, 0.25) is 0 Å². The molecule has 2 aliphatic rings. The third kappa shape index (κ3) is 4.08. The van der Waals surface area contributed by atoms with E-state index in [1.165, 1.54) is 4.90 Å². The van der Waals surface area contributed by atoms with E-state index in [0.717, 1.165) is 0 Å². The van der Waals surface area contributed by atoms with Crippen LogP contribution in [0.25, 0.3) is 0 Å². The van der Waals surface area contributed by atoms with Crippen molar-refractivity contribution in [1.82, 2.24) is 4.90 Å². The number of nitrogens with zero attached hydrogens (tertiary/aromatic N) is 2. The van der Waals surface area contributed by atoms with Gasteiger partial charge in [-0.15, -0.1) is 0 Å². The molecule has 28 heavy (non-hydrogen) atoms. The number of carbonyl (C=O) groups is 2. The zero-order chi connectivity index (χ0) is 20.9. The summed E-state index contributed by atoms with van der Waals surface area (Å²) in [6, 6.07) is -0.710. The zero-order valence-electron chi connectivity index (χ0n) is 13.9. The fraction of sp³-hybridized carbons (Fsp3) is 0.467. The molecule has 3 amide bonds. The second-order valence-corrected chi connectivity index (χ2v) is 6.12. The first kappa shape index (κ1) is 20.0. The number of hydrogen-bond acceptors (Lipinski definition) is 4.